The maximum atomic E-state index is 13.6. The Morgan fingerprint density at radius 3 is 2.27 bits per heavy atom. The third kappa shape index (κ3) is 3.27. The van der Waals surface area contributed by atoms with Crippen molar-refractivity contribution >= 4 is 10.0 Å². The molecule has 8 heteroatoms. The van der Waals surface area contributed by atoms with Crippen molar-refractivity contribution < 1.29 is 21.6 Å². The summed E-state index contributed by atoms with van der Waals surface area (Å²) in [5.74, 6) is -1.12. The van der Waals surface area contributed by atoms with Gasteiger partial charge in [0.15, 0.2) is 0 Å². The fourth-order valence-electron chi connectivity index (χ4n) is 1.88. The number of hydrogen-bond donors (Lipinski definition) is 1. The van der Waals surface area contributed by atoms with Gasteiger partial charge in [-0.3, -0.25) is 0 Å². The summed E-state index contributed by atoms with van der Waals surface area (Å²) in [6, 6.07) is 8.27. The van der Waals surface area contributed by atoms with Gasteiger partial charge in [-0.05, 0) is 41.5 Å². The molecule has 0 unspecified atom stereocenters. The van der Waals surface area contributed by atoms with E-state index in [4.69, 9.17) is 10.4 Å². The molecule has 2 aromatic rings. The molecule has 0 amide bonds. The number of hydrogen-bond acceptors (Lipinski definition) is 3. The minimum Gasteiger partial charge on any atom is -0.225 e. The third-order valence-electron chi connectivity index (χ3n) is 2.93. The van der Waals surface area contributed by atoms with Crippen LogP contribution in [0, 0.1) is 17.1 Å². The van der Waals surface area contributed by atoms with Crippen molar-refractivity contribution in [2.75, 3.05) is 0 Å². The lowest BCUT2D eigenvalue weighted by Crippen LogP contribution is -2.12. The van der Waals surface area contributed by atoms with Crippen LogP contribution in [0.3, 0.4) is 0 Å². The van der Waals surface area contributed by atoms with Gasteiger partial charge in [-0.2, -0.15) is 5.26 Å². The molecule has 114 valence electrons. The molecule has 0 aliphatic carbocycles. The SMILES string of the molecule is N#Cc1cc(-c2ccc(C(F)F)c(F)c2)cc(S(N)(=O)=O)c1. The van der Waals surface area contributed by atoms with Crippen molar-refractivity contribution in [2.45, 2.75) is 11.3 Å². The average Bonchev–Trinajstić information content (AvgIpc) is 2.45. The Hall–Kier alpha value is -2.37. The highest BCUT2D eigenvalue weighted by Gasteiger charge is 2.16. The predicted octanol–water partition coefficient (Wildman–Crippen LogP) is 2.95. The second kappa shape index (κ2) is 5.79. The number of benzene rings is 2. The minimum atomic E-state index is -4.06. The lowest BCUT2D eigenvalue weighted by molar-refractivity contribution is 0.146. The molecule has 0 aromatic heterocycles. The van der Waals surface area contributed by atoms with Gasteiger partial charge in [-0.1, -0.05) is 6.07 Å². The van der Waals surface area contributed by atoms with E-state index >= 15 is 0 Å². The van der Waals surface area contributed by atoms with Crippen molar-refractivity contribution in [2.24, 2.45) is 5.14 Å². The molecule has 2 N–H and O–H groups in total. The monoisotopic (exact) mass is 326 g/mol. The molecule has 0 aliphatic rings. The summed E-state index contributed by atoms with van der Waals surface area (Å²) in [5.41, 5.74) is -0.418. The first-order valence-corrected chi connectivity index (χ1v) is 7.43. The van der Waals surface area contributed by atoms with Crippen molar-refractivity contribution in [1.82, 2.24) is 0 Å². The molecule has 0 saturated carbocycles. The van der Waals surface area contributed by atoms with Gasteiger partial charge in [0.25, 0.3) is 6.43 Å². The second-order valence-electron chi connectivity index (χ2n) is 4.44. The largest absolute Gasteiger partial charge is 0.266 e. The van der Waals surface area contributed by atoms with Crippen LogP contribution in [0.25, 0.3) is 11.1 Å². The predicted molar refractivity (Wildman–Crippen MR) is 72.9 cm³/mol. The fraction of sp³-hybridized carbons (Fsp3) is 0.0714. The fourth-order valence-corrected chi connectivity index (χ4v) is 2.46. The number of nitrogens with zero attached hydrogens (tertiary/aromatic N) is 1. The van der Waals surface area contributed by atoms with Gasteiger partial charge < -0.3 is 0 Å². The lowest BCUT2D eigenvalue weighted by atomic mass is 10.0. The Balaban J connectivity index is 2.63. The summed E-state index contributed by atoms with van der Waals surface area (Å²) >= 11 is 0. The van der Waals surface area contributed by atoms with Crippen molar-refractivity contribution in [1.29, 1.82) is 5.26 Å². The molecule has 0 fully saturated rings. The van der Waals surface area contributed by atoms with E-state index in [2.05, 4.69) is 0 Å². The van der Waals surface area contributed by atoms with Crippen LogP contribution in [0.4, 0.5) is 13.2 Å². The van der Waals surface area contributed by atoms with Gasteiger partial charge in [0.2, 0.25) is 10.0 Å². The highest BCUT2D eigenvalue weighted by atomic mass is 32.2. The maximum Gasteiger partial charge on any atom is 0.266 e. The second-order valence-corrected chi connectivity index (χ2v) is 6.00. The first kappa shape index (κ1) is 16.0. The van der Waals surface area contributed by atoms with E-state index in [0.717, 1.165) is 24.3 Å². The van der Waals surface area contributed by atoms with Gasteiger partial charge in [-0.15, -0.1) is 0 Å². The Labute approximate surface area is 124 Å². The lowest BCUT2D eigenvalue weighted by Gasteiger charge is -2.08. The number of rotatable bonds is 3. The zero-order valence-corrected chi connectivity index (χ0v) is 11.7. The normalized spacial score (nSPS) is 11.5. The standard InChI is InChI=1S/C14H9F3N2O2S/c15-13-6-9(1-2-12(13)14(16)17)10-3-8(7-18)4-11(5-10)22(19,20)21/h1-6,14H,(H2,19,20,21). The summed E-state index contributed by atoms with van der Waals surface area (Å²) in [5, 5.41) is 13.9. The van der Waals surface area contributed by atoms with Gasteiger partial charge in [0.05, 0.1) is 22.1 Å². The van der Waals surface area contributed by atoms with Crippen LogP contribution < -0.4 is 5.14 Å². The summed E-state index contributed by atoms with van der Waals surface area (Å²) in [4.78, 5) is -0.320. The molecule has 4 nitrogen and oxygen atoms in total. The molecule has 2 aromatic carbocycles. The van der Waals surface area contributed by atoms with E-state index in [1.165, 1.54) is 12.1 Å². The average molecular weight is 326 g/mol. The molecule has 0 heterocycles. The van der Waals surface area contributed by atoms with E-state index in [0.29, 0.717) is 0 Å². The summed E-state index contributed by atoms with van der Waals surface area (Å²) in [6.45, 7) is 0. The van der Waals surface area contributed by atoms with E-state index in [-0.39, 0.29) is 21.6 Å². The van der Waals surface area contributed by atoms with Gasteiger partial charge in [-0.25, -0.2) is 26.7 Å². The summed E-state index contributed by atoms with van der Waals surface area (Å²) in [7, 11) is -4.06. The first-order chi connectivity index (χ1) is 10.2. The topological polar surface area (TPSA) is 83.9 Å². The quantitative estimate of drug-likeness (QED) is 0.941. The van der Waals surface area contributed by atoms with Crippen LogP contribution >= 0.6 is 0 Å². The highest BCUT2D eigenvalue weighted by molar-refractivity contribution is 7.89. The van der Waals surface area contributed by atoms with Gasteiger partial charge >= 0.3 is 0 Å². The first-order valence-electron chi connectivity index (χ1n) is 5.88. The Kier molecular flexibility index (Phi) is 4.21. The number of nitrogens with two attached hydrogens (primary N) is 1. The zero-order valence-electron chi connectivity index (χ0n) is 10.9. The molecular formula is C14H9F3N2O2S. The van der Waals surface area contributed by atoms with Crippen molar-refractivity contribution in [3.05, 3.63) is 53.3 Å². The maximum absolute atomic E-state index is 13.6. The van der Waals surface area contributed by atoms with Crippen LogP contribution in [0.2, 0.25) is 0 Å². The number of nitriles is 1. The molecule has 0 spiro atoms. The Morgan fingerprint density at radius 2 is 1.77 bits per heavy atom. The minimum absolute atomic E-state index is 0.000121. The van der Waals surface area contributed by atoms with Crippen LogP contribution in [0.1, 0.15) is 17.6 Å². The van der Waals surface area contributed by atoms with Crippen molar-refractivity contribution in [3.63, 3.8) is 0 Å². The Morgan fingerprint density at radius 1 is 1.09 bits per heavy atom. The molecular weight excluding hydrogens is 317 g/mol. The van der Waals surface area contributed by atoms with Crippen molar-refractivity contribution in [3.8, 4) is 17.2 Å². The molecule has 2 rings (SSSR count). The molecule has 0 bridgehead atoms. The smallest absolute Gasteiger partial charge is 0.225 e. The number of halogens is 3. The third-order valence-corrected chi connectivity index (χ3v) is 3.83. The number of alkyl halides is 2. The molecule has 0 aliphatic heterocycles. The molecule has 0 saturated heterocycles. The zero-order chi connectivity index (χ0) is 16.5. The number of primary sulfonamides is 1. The van der Waals surface area contributed by atoms with E-state index in [1.807, 2.05) is 0 Å². The van der Waals surface area contributed by atoms with Crippen LogP contribution in [0.5, 0.6) is 0 Å². The van der Waals surface area contributed by atoms with Gasteiger partial charge in [0.1, 0.15) is 5.82 Å². The molecule has 0 atom stereocenters. The van der Waals surface area contributed by atoms with Gasteiger partial charge in [0, 0.05) is 0 Å². The highest BCUT2D eigenvalue weighted by Crippen LogP contribution is 2.29. The van der Waals surface area contributed by atoms with E-state index in [9.17, 15) is 21.6 Å². The molecule has 0 radical (unpaired) electrons. The van der Waals surface area contributed by atoms with Crippen LogP contribution in [-0.4, -0.2) is 8.42 Å². The van der Waals surface area contributed by atoms with Crippen LogP contribution in [0.15, 0.2) is 41.3 Å². The van der Waals surface area contributed by atoms with E-state index < -0.39 is 27.8 Å². The Bertz CT molecular complexity index is 874. The van der Waals surface area contributed by atoms with Crippen LogP contribution in [-0.2, 0) is 10.0 Å². The summed E-state index contributed by atoms with van der Waals surface area (Å²) < 4.78 is 61.4. The number of sulfonamides is 1. The summed E-state index contributed by atoms with van der Waals surface area (Å²) in [6.07, 6.45) is -2.96. The van der Waals surface area contributed by atoms with E-state index in [1.54, 1.807) is 6.07 Å². The molecule has 22 heavy (non-hydrogen) atoms.